The van der Waals surface area contributed by atoms with Crippen LogP contribution < -0.4 is 4.74 Å². The van der Waals surface area contributed by atoms with Crippen molar-refractivity contribution in [3.05, 3.63) is 29.8 Å². The zero-order valence-corrected chi connectivity index (χ0v) is 13.4. The normalized spacial score (nSPS) is 17.6. The Hall–Kier alpha value is -1.15. The molecule has 1 aliphatic heterocycles. The second kappa shape index (κ2) is 8.99. The van der Waals surface area contributed by atoms with Crippen molar-refractivity contribution in [1.29, 1.82) is 0 Å². The van der Waals surface area contributed by atoms with Gasteiger partial charge in [0, 0.05) is 30.3 Å². The number of aliphatic hydroxyl groups is 1. The number of thioether (sulfide) groups is 1. The van der Waals surface area contributed by atoms with Gasteiger partial charge < -0.3 is 9.84 Å². The summed E-state index contributed by atoms with van der Waals surface area (Å²) in [5, 5.41) is 8.72. The van der Waals surface area contributed by atoms with E-state index < -0.39 is 0 Å². The van der Waals surface area contributed by atoms with Gasteiger partial charge in [-0.25, -0.2) is 0 Å². The lowest BCUT2D eigenvalue weighted by atomic mass is 10.2. The molecule has 1 heterocycles. The lowest BCUT2D eigenvalue weighted by molar-refractivity contribution is 0.202. The Morgan fingerprint density at radius 1 is 1.48 bits per heavy atom. The minimum Gasteiger partial charge on any atom is -0.492 e. The molecule has 0 aromatic heterocycles. The summed E-state index contributed by atoms with van der Waals surface area (Å²) in [6.45, 7) is 1.76. The zero-order valence-electron chi connectivity index (χ0n) is 12.5. The fourth-order valence-corrected chi connectivity index (χ4v) is 3.54. The van der Waals surface area contributed by atoms with Gasteiger partial charge >= 0.3 is 0 Å². The fraction of sp³-hybridized carbons (Fsp3) is 0.529. The molecule has 3 nitrogen and oxygen atoms in total. The van der Waals surface area contributed by atoms with E-state index in [2.05, 4.69) is 23.8 Å². The quantitative estimate of drug-likeness (QED) is 0.817. The first kappa shape index (κ1) is 16.2. The predicted octanol–water partition coefficient (Wildman–Crippen LogP) is 2.24. The third kappa shape index (κ3) is 5.62. The van der Waals surface area contributed by atoms with Gasteiger partial charge in [-0.1, -0.05) is 17.9 Å². The number of benzene rings is 1. The van der Waals surface area contributed by atoms with Crippen molar-refractivity contribution in [3.8, 4) is 17.6 Å². The molecule has 2 rings (SSSR count). The smallest absolute Gasteiger partial charge is 0.120 e. The molecule has 1 saturated heterocycles. The highest BCUT2D eigenvalue weighted by molar-refractivity contribution is 7.99. The van der Waals surface area contributed by atoms with Crippen LogP contribution in [0.15, 0.2) is 24.3 Å². The van der Waals surface area contributed by atoms with E-state index in [1.807, 2.05) is 36.0 Å². The molecule has 0 bridgehead atoms. The summed E-state index contributed by atoms with van der Waals surface area (Å²) in [6, 6.07) is 8.53. The molecule has 0 amide bonds. The average Bonchev–Trinajstić information content (AvgIpc) is 3.02. The number of aliphatic hydroxyl groups excluding tert-OH is 1. The van der Waals surface area contributed by atoms with Crippen LogP contribution in [0, 0.1) is 11.8 Å². The van der Waals surface area contributed by atoms with Crippen molar-refractivity contribution in [2.75, 3.05) is 38.3 Å². The number of likely N-dealkylation sites (N-methyl/N-ethyl adjacent to an activating group) is 1. The highest BCUT2D eigenvalue weighted by Gasteiger charge is 2.19. The Balaban J connectivity index is 1.77. The van der Waals surface area contributed by atoms with Crippen LogP contribution in [-0.4, -0.2) is 54.4 Å². The second-order valence-electron chi connectivity index (χ2n) is 5.15. The van der Waals surface area contributed by atoms with Gasteiger partial charge in [-0.2, -0.15) is 11.8 Å². The van der Waals surface area contributed by atoms with Crippen molar-refractivity contribution < 1.29 is 9.84 Å². The van der Waals surface area contributed by atoms with E-state index in [9.17, 15) is 0 Å². The molecule has 4 heteroatoms. The Bertz CT molecular complexity index is 489. The number of hydrogen-bond acceptors (Lipinski definition) is 4. The Morgan fingerprint density at radius 2 is 2.38 bits per heavy atom. The SMILES string of the molecule is CN(CCOc1cccc(C#CCCO)c1)C1CCSC1. The summed E-state index contributed by atoms with van der Waals surface area (Å²) >= 11 is 2.04. The van der Waals surface area contributed by atoms with Crippen LogP contribution in [0.2, 0.25) is 0 Å². The summed E-state index contributed by atoms with van der Waals surface area (Å²) in [7, 11) is 2.18. The number of hydrogen-bond donors (Lipinski definition) is 1. The summed E-state index contributed by atoms with van der Waals surface area (Å²) in [4.78, 5) is 2.39. The molecule has 1 atom stereocenters. The summed E-state index contributed by atoms with van der Waals surface area (Å²) in [6.07, 6.45) is 1.80. The molecule has 1 unspecified atom stereocenters. The molecule has 0 saturated carbocycles. The van der Waals surface area contributed by atoms with E-state index in [4.69, 9.17) is 9.84 Å². The first-order valence-corrected chi connectivity index (χ1v) is 8.55. The summed E-state index contributed by atoms with van der Waals surface area (Å²) < 4.78 is 5.82. The molecule has 1 aromatic rings. The van der Waals surface area contributed by atoms with Gasteiger partial charge in [0.15, 0.2) is 0 Å². The highest BCUT2D eigenvalue weighted by Crippen LogP contribution is 2.21. The number of rotatable bonds is 6. The van der Waals surface area contributed by atoms with Gasteiger partial charge in [0.1, 0.15) is 12.4 Å². The minimum absolute atomic E-state index is 0.106. The Morgan fingerprint density at radius 3 is 3.14 bits per heavy atom. The molecule has 1 aromatic carbocycles. The van der Waals surface area contributed by atoms with Crippen molar-refractivity contribution >= 4 is 11.8 Å². The molecule has 0 aliphatic carbocycles. The topological polar surface area (TPSA) is 32.7 Å². The molecule has 0 radical (unpaired) electrons. The molecule has 1 N–H and O–H groups in total. The average molecular weight is 305 g/mol. The zero-order chi connectivity index (χ0) is 14.9. The van der Waals surface area contributed by atoms with E-state index in [1.54, 1.807) is 0 Å². The molecular weight excluding hydrogens is 282 g/mol. The van der Waals surface area contributed by atoms with Crippen molar-refractivity contribution in [2.45, 2.75) is 18.9 Å². The third-order valence-corrected chi connectivity index (χ3v) is 4.69. The van der Waals surface area contributed by atoms with Crippen molar-refractivity contribution in [3.63, 3.8) is 0 Å². The monoisotopic (exact) mass is 305 g/mol. The van der Waals surface area contributed by atoms with E-state index in [0.29, 0.717) is 19.1 Å². The van der Waals surface area contributed by atoms with Gasteiger partial charge in [0.05, 0.1) is 6.61 Å². The molecule has 114 valence electrons. The van der Waals surface area contributed by atoms with Crippen LogP contribution in [0.4, 0.5) is 0 Å². The first-order valence-electron chi connectivity index (χ1n) is 7.40. The minimum atomic E-state index is 0.106. The number of nitrogens with zero attached hydrogens (tertiary/aromatic N) is 1. The molecule has 0 spiro atoms. The summed E-state index contributed by atoms with van der Waals surface area (Å²) in [5.41, 5.74) is 0.932. The first-order chi connectivity index (χ1) is 10.3. The van der Waals surface area contributed by atoms with Gasteiger partial charge in [-0.05, 0) is 37.4 Å². The van der Waals surface area contributed by atoms with Crippen LogP contribution in [0.3, 0.4) is 0 Å². The highest BCUT2D eigenvalue weighted by atomic mass is 32.2. The molecule has 21 heavy (non-hydrogen) atoms. The van der Waals surface area contributed by atoms with Crippen LogP contribution in [-0.2, 0) is 0 Å². The van der Waals surface area contributed by atoms with Crippen molar-refractivity contribution in [2.24, 2.45) is 0 Å². The molecular formula is C17H23NO2S. The summed E-state index contributed by atoms with van der Waals surface area (Å²) in [5.74, 6) is 9.34. The largest absolute Gasteiger partial charge is 0.492 e. The van der Waals surface area contributed by atoms with Gasteiger partial charge in [-0.3, -0.25) is 4.90 Å². The molecule has 1 aliphatic rings. The predicted molar refractivity (Wildman–Crippen MR) is 88.9 cm³/mol. The fourth-order valence-electron chi connectivity index (χ4n) is 2.24. The number of ether oxygens (including phenoxy) is 1. The van der Waals surface area contributed by atoms with Crippen LogP contribution in [0.5, 0.6) is 5.75 Å². The van der Waals surface area contributed by atoms with Gasteiger partial charge in [0.25, 0.3) is 0 Å². The van der Waals surface area contributed by atoms with Crippen LogP contribution in [0.25, 0.3) is 0 Å². The standard InChI is InChI=1S/C17H23NO2S/c1-18(16-8-12-21-14-16)9-11-20-17-7-4-6-15(13-17)5-2-3-10-19/h4,6-7,13,16,19H,3,8-12,14H2,1H3. The molecule has 1 fully saturated rings. The lowest BCUT2D eigenvalue weighted by Gasteiger charge is -2.23. The van der Waals surface area contributed by atoms with Crippen LogP contribution >= 0.6 is 11.8 Å². The maximum atomic E-state index is 8.72. The van der Waals surface area contributed by atoms with Crippen LogP contribution in [0.1, 0.15) is 18.4 Å². The second-order valence-corrected chi connectivity index (χ2v) is 6.30. The van der Waals surface area contributed by atoms with E-state index in [0.717, 1.165) is 17.9 Å². The maximum absolute atomic E-state index is 8.72. The van der Waals surface area contributed by atoms with Crippen molar-refractivity contribution in [1.82, 2.24) is 4.90 Å². The Kier molecular flexibility index (Phi) is 6.94. The van der Waals surface area contributed by atoms with E-state index >= 15 is 0 Å². The third-order valence-electron chi connectivity index (χ3n) is 3.55. The Labute approximate surface area is 131 Å². The van der Waals surface area contributed by atoms with Gasteiger partial charge in [0.2, 0.25) is 0 Å². The van der Waals surface area contributed by atoms with E-state index in [-0.39, 0.29) is 6.61 Å². The van der Waals surface area contributed by atoms with E-state index in [1.165, 1.54) is 17.9 Å². The maximum Gasteiger partial charge on any atom is 0.120 e. The van der Waals surface area contributed by atoms with Gasteiger partial charge in [-0.15, -0.1) is 0 Å². The lowest BCUT2D eigenvalue weighted by Crippen LogP contribution is -2.34.